The first-order chi connectivity index (χ1) is 8.58. The van der Waals surface area contributed by atoms with Crippen molar-refractivity contribution in [3.05, 3.63) is 42.0 Å². The van der Waals surface area contributed by atoms with Crippen molar-refractivity contribution < 1.29 is 5.11 Å². The topological polar surface area (TPSA) is 23.5 Å². The fourth-order valence-corrected chi connectivity index (χ4v) is 2.45. The van der Waals surface area contributed by atoms with Gasteiger partial charge in [0.15, 0.2) is 0 Å². The zero-order valence-corrected chi connectivity index (χ0v) is 11.4. The van der Waals surface area contributed by atoms with Gasteiger partial charge in [0.2, 0.25) is 0 Å². The normalized spacial score (nSPS) is 11.6. The molecule has 2 rings (SSSR count). The summed E-state index contributed by atoms with van der Waals surface area (Å²) in [6.07, 6.45) is 0. The van der Waals surface area contributed by atoms with E-state index in [9.17, 15) is 5.11 Å². The van der Waals surface area contributed by atoms with Crippen molar-refractivity contribution in [1.82, 2.24) is 4.90 Å². The molecule has 0 bridgehead atoms. The van der Waals surface area contributed by atoms with E-state index in [4.69, 9.17) is 0 Å². The Balaban J connectivity index is 2.34. The molecule has 0 spiro atoms. The van der Waals surface area contributed by atoms with Gasteiger partial charge in [0.1, 0.15) is 5.75 Å². The molecule has 0 heterocycles. The molecule has 1 N–H and O–H groups in total. The molecule has 2 nitrogen and oxygen atoms in total. The fraction of sp³-hybridized carbons (Fsp3) is 0.375. The second-order valence-corrected chi connectivity index (χ2v) is 5.37. The standard InChI is InChI=1S/C16H21NO/c1-12(2)10-17(3)11-15-14-7-5-4-6-13(14)8-9-16(15)18/h4-9,12,18H,10-11H2,1-3H3. The van der Waals surface area contributed by atoms with E-state index in [0.29, 0.717) is 11.7 Å². The SMILES string of the molecule is CC(C)CN(C)Cc1c(O)ccc2ccccc12. The van der Waals surface area contributed by atoms with Gasteiger partial charge < -0.3 is 10.0 Å². The van der Waals surface area contributed by atoms with Crippen molar-refractivity contribution in [3.63, 3.8) is 0 Å². The lowest BCUT2D eigenvalue weighted by Gasteiger charge is -2.20. The maximum atomic E-state index is 10.1. The third-order valence-corrected chi connectivity index (χ3v) is 3.12. The molecule has 0 amide bonds. The van der Waals surface area contributed by atoms with Crippen LogP contribution in [0.2, 0.25) is 0 Å². The Morgan fingerprint density at radius 1 is 1.11 bits per heavy atom. The molecule has 2 aromatic rings. The fourth-order valence-electron chi connectivity index (χ4n) is 2.45. The first-order valence-corrected chi connectivity index (χ1v) is 6.46. The van der Waals surface area contributed by atoms with Crippen LogP contribution in [0, 0.1) is 5.92 Å². The highest BCUT2D eigenvalue weighted by molar-refractivity contribution is 5.87. The molecule has 0 atom stereocenters. The lowest BCUT2D eigenvalue weighted by atomic mass is 10.0. The molecule has 0 radical (unpaired) electrons. The number of phenolic OH excluding ortho intramolecular Hbond substituents is 1. The van der Waals surface area contributed by atoms with E-state index in [-0.39, 0.29) is 0 Å². The van der Waals surface area contributed by atoms with Crippen molar-refractivity contribution in [2.24, 2.45) is 5.92 Å². The Bertz CT molecular complexity index is 534. The van der Waals surface area contributed by atoms with Gasteiger partial charge in [-0.15, -0.1) is 0 Å². The first-order valence-electron chi connectivity index (χ1n) is 6.46. The van der Waals surface area contributed by atoms with Gasteiger partial charge in [-0.25, -0.2) is 0 Å². The molecule has 0 aromatic heterocycles. The zero-order chi connectivity index (χ0) is 13.1. The lowest BCUT2D eigenvalue weighted by molar-refractivity contribution is 0.285. The number of nitrogens with zero attached hydrogens (tertiary/aromatic N) is 1. The Morgan fingerprint density at radius 3 is 2.56 bits per heavy atom. The molecular formula is C16H21NO. The van der Waals surface area contributed by atoms with Gasteiger partial charge in [-0.2, -0.15) is 0 Å². The van der Waals surface area contributed by atoms with Crippen LogP contribution in [0.15, 0.2) is 36.4 Å². The van der Waals surface area contributed by atoms with Gasteiger partial charge in [0, 0.05) is 18.7 Å². The molecular weight excluding hydrogens is 222 g/mol. The third kappa shape index (κ3) is 2.82. The smallest absolute Gasteiger partial charge is 0.120 e. The summed E-state index contributed by atoms with van der Waals surface area (Å²) in [6.45, 7) is 6.23. The number of rotatable bonds is 4. The van der Waals surface area contributed by atoms with Crippen molar-refractivity contribution in [1.29, 1.82) is 0 Å². The molecule has 0 aliphatic carbocycles. The summed E-state index contributed by atoms with van der Waals surface area (Å²) < 4.78 is 0. The molecule has 2 aromatic carbocycles. The van der Waals surface area contributed by atoms with Crippen LogP contribution < -0.4 is 0 Å². The number of aromatic hydroxyl groups is 1. The number of fused-ring (bicyclic) bond motifs is 1. The largest absolute Gasteiger partial charge is 0.508 e. The first kappa shape index (κ1) is 12.9. The number of phenols is 1. The van der Waals surface area contributed by atoms with Crippen LogP contribution >= 0.6 is 0 Å². The summed E-state index contributed by atoms with van der Waals surface area (Å²) in [7, 11) is 2.10. The van der Waals surface area contributed by atoms with Gasteiger partial charge in [0.25, 0.3) is 0 Å². The van der Waals surface area contributed by atoms with Crippen LogP contribution in [0.4, 0.5) is 0 Å². The summed E-state index contributed by atoms with van der Waals surface area (Å²) >= 11 is 0. The predicted octanol–water partition coefficient (Wildman–Crippen LogP) is 3.63. The van der Waals surface area contributed by atoms with Gasteiger partial charge in [-0.1, -0.05) is 44.2 Å². The van der Waals surface area contributed by atoms with Gasteiger partial charge >= 0.3 is 0 Å². The highest BCUT2D eigenvalue weighted by Crippen LogP contribution is 2.28. The zero-order valence-electron chi connectivity index (χ0n) is 11.4. The Morgan fingerprint density at radius 2 is 1.83 bits per heavy atom. The van der Waals surface area contributed by atoms with Crippen molar-refractivity contribution in [2.75, 3.05) is 13.6 Å². The van der Waals surface area contributed by atoms with E-state index in [1.165, 1.54) is 5.39 Å². The van der Waals surface area contributed by atoms with Gasteiger partial charge in [-0.3, -0.25) is 0 Å². The van der Waals surface area contributed by atoms with Gasteiger partial charge in [-0.05, 0) is 29.8 Å². The van der Waals surface area contributed by atoms with E-state index in [1.54, 1.807) is 6.07 Å². The molecule has 96 valence electrons. The van der Waals surface area contributed by atoms with Crippen LogP contribution in [0.5, 0.6) is 5.75 Å². The number of hydrogen-bond donors (Lipinski definition) is 1. The van der Waals surface area contributed by atoms with E-state index in [1.807, 2.05) is 18.2 Å². The molecule has 0 saturated heterocycles. The van der Waals surface area contributed by atoms with Crippen LogP contribution in [-0.4, -0.2) is 23.6 Å². The van der Waals surface area contributed by atoms with Crippen LogP contribution in [0.25, 0.3) is 10.8 Å². The lowest BCUT2D eigenvalue weighted by Crippen LogP contribution is -2.22. The maximum Gasteiger partial charge on any atom is 0.120 e. The van der Waals surface area contributed by atoms with Crippen LogP contribution in [0.3, 0.4) is 0 Å². The molecule has 0 unspecified atom stereocenters. The Kier molecular flexibility index (Phi) is 3.87. The Labute approximate surface area is 109 Å². The highest BCUT2D eigenvalue weighted by Gasteiger charge is 2.10. The monoisotopic (exact) mass is 243 g/mol. The second-order valence-electron chi connectivity index (χ2n) is 5.37. The van der Waals surface area contributed by atoms with Crippen molar-refractivity contribution in [3.8, 4) is 5.75 Å². The average molecular weight is 243 g/mol. The van der Waals surface area contributed by atoms with E-state index in [0.717, 1.165) is 24.0 Å². The third-order valence-electron chi connectivity index (χ3n) is 3.12. The summed E-state index contributed by atoms with van der Waals surface area (Å²) in [5.41, 5.74) is 1.02. The second kappa shape index (κ2) is 5.40. The quantitative estimate of drug-likeness (QED) is 0.886. The number of hydrogen-bond acceptors (Lipinski definition) is 2. The minimum atomic E-state index is 0.393. The molecule has 0 saturated carbocycles. The summed E-state index contributed by atoms with van der Waals surface area (Å²) in [4.78, 5) is 2.26. The molecule has 0 aliphatic rings. The van der Waals surface area contributed by atoms with Crippen molar-refractivity contribution in [2.45, 2.75) is 20.4 Å². The molecule has 0 fully saturated rings. The minimum absolute atomic E-state index is 0.393. The molecule has 2 heteroatoms. The van der Waals surface area contributed by atoms with Crippen molar-refractivity contribution >= 4 is 10.8 Å². The minimum Gasteiger partial charge on any atom is -0.508 e. The van der Waals surface area contributed by atoms with E-state index >= 15 is 0 Å². The van der Waals surface area contributed by atoms with Crippen LogP contribution in [-0.2, 0) is 6.54 Å². The molecule has 0 aliphatic heterocycles. The van der Waals surface area contributed by atoms with Gasteiger partial charge in [0.05, 0.1) is 0 Å². The van der Waals surface area contributed by atoms with E-state index in [2.05, 4.69) is 37.9 Å². The van der Waals surface area contributed by atoms with E-state index < -0.39 is 0 Å². The highest BCUT2D eigenvalue weighted by atomic mass is 16.3. The van der Waals surface area contributed by atoms with Crippen LogP contribution in [0.1, 0.15) is 19.4 Å². The summed E-state index contributed by atoms with van der Waals surface area (Å²) in [6, 6.07) is 12.0. The number of benzene rings is 2. The molecule has 18 heavy (non-hydrogen) atoms. The predicted molar refractivity (Wildman–Crippen MR) is 76.8 cm³/mol. The maximum absolute atomic E-state index is 10.1. The summed E-state index contributed by atoms with van der Waals surface area (Å²) in [5, 5.41) is 12.4. The average Bonchev–Trinajstić information content (AvgIpc) is 2.32. The Hall–Kier alpha value is -1.54. The summed E-state index contributed by atoms with van der Waals surface area (Å²) in [5.74, 6) is 1.02.